The molecule has 1 heterocycles. The fraction of sp³-hybridized carbons (Fsp3) is 0.467. The number of hydrogen-bond donors (Lipinski definition) is 1. The van der Waals surface area contributed by atoms with E-state index >= 15 is 0 Å². The SMILES string of the molecule is O=C(O)[C@H]1CCCN(C(=O)CCOc2cccc(F)c2)C1. The predicted molar refractivity (Wildman–Crippen MR) is 73.5 cm³/mol. The van der Waals surface area contributed by atoms with Gasteiger partial charge in [-0.15, -0.1) is 0 Å². The number of piperidine rings is 1. The third-order valence-electron chi connectivity index (χ3n) is 3.50. The molecule has 0 radical (unpaired) electrons. The highest BCUT2D eigenvalue weighted by Crippen LogP contribution is 2.18. The molecule has 0 saturated carbocycles. The van der Waals surface area contributed by atoms with Crippen molar-refractivity contribution in [3.05, 3.63) is 30.1 Å². The lowest BCUT2D eigenvalue weighted by molar-refractivity contribution is -0.145. The van der Waals surface area contributed by atoms with Gasteiger partial charge in [0.15, 0.2) is 0 Å². The molecule has 0 unspecified atom stereocenters. The summed E-state index contributed by atoms with van der Waals surface area (Å²) < 4.78 is 18.3. The largest absolute Gasteiger partial charge is 0.493 e. The number of carbonyl (C=O) groups excluding carboxylic acids is 1. The molecule has 1 aliphatic heterocycles. The molecule has 5 nitrogen and oxygen atoms in total. The summed E-state index contributed by atoms with van der Waals surface area (Å²) in [5, 5.41) is 8.99. The van der Waals surface area contributed by atoms with Crippen LogP contribution in [0.25, 0.3) is 0 Å². The lowest BCUT2D eigenvalue weighted by atomic mass is 9.98. The summed E-state index contributed by atoms with van der Waals surface area (Å²) in [7, 11) is 0. The molecule has 1 atom stereocenters. The van der Waals surface area contributed by atoms with Gasteiger partial charge in [-0.25, -0.2) is 4.39 Å². The molecule has 114 valence electrons. The zero-order chi connectivity index (χ0) is 15.2. The third-order valence-corrected chi connectivity index (χ3v) is 3.50. The summed E-state index contributed by atoms with van der Waals surface area (Å²) in [4.78, 5) is 24.5. The van der Waals surface area contributed by atoms with E-state index in [9.17, 15) is 14.0 Å². The van der Waals surface area contributed by atoms with Gasteiger partial charge in [-0.05, 0) is 25.0 Å². The molecule has 1 saturated heterocycles. The molecular formula is C15H18FNO4. The van der Waals surface area contributed by atoms with Crippen LogP contribution in [0.3, 0.4) is 0 Å². The van der Waals surface area contributed by atoms with E-state index in [1.165, 1.54) is 18.2 Å². The quantitative estimate of drug-likeness (QED) is 0.901. The van der Waals surface area contributed by atoms with Crippen molar-refractivity contribution in [1.29, 1.82) is 0 Å². The van der Waals surface area contributed by atoms with Crippen molar-refractivity contribution in [3.8, 4) is 5.75 Å². The van der Waals surface area contributed by atoms with E-state index in [-0.39, 0.29) is 31.3 Å². The highest BCUT2D eigenvalue weighted by Gasteiger charge is 2.27. The van der Waals surface area contributed by atoms with E-state index in [1.807, 2.05) is 0 Å². The minimum atomic E-state index is -0.858. The molecule has 1 N–H and O–H groups in total. The van der Waals surface area contributed by atoms with Gasteiger partial charge in [0.05, 0.1) is 18.9 Å². The first kappa shape index (κ1) is 15.3. The molecule has 2 rings (SSSR count). The first-order valence-electron chi connectivity index (χ1n) is 6.95. The number of ether oxygens (including phenoxy) is 1. The summed E-state index contributed by atoms with van der Waals surface area (Å²) in [6.07, 6.45) is 1.47. The number of aliphatic carboxylic acids is 1. The van der Waals surface area contributed by atoms with Gasteiger partial charge < -0.3 is 14.7 Å². The van der Waals surface area contributed by atoms with Crippen LogP contribution in [0.5, 0.6) is 5.75 Å². The van der Waals surface area contributed by atoms with Gasteiger partial charge in [0.1, 0.15) is 11.6 Å². The minimum absolute atomic E-state index is 0.127. The van der Waals surface area contributed by atoms with Crippen molar-refractivity contribution >= 4 is 11.9 Å². The summed E-state index contributed by atoms with van der Waals surface area (Å²) in [5.74, 6) is -1.48. The number of hydrogen-bond acceptors (Lipinski definition) is 3. The molecular weight excluding hydrogens is 277 g/mol. The fourth-order valence-electron chi connectivity index (χ4n) is 2.38. The second kappa shape index (κ2) is 7.06. The second-order valence-electron chi connectivity index (χ2n) is 5.07. The molecule has 6 heteroatoms. The number of carbonyl (C=O) groups is 2. The third kappa shape index (κ3) is 4.44. The van der Waals surface area contributed by atoms with Gasteiger partial charge in [-0.3, -0.25) is 9.59 Å². The Kier molecular flexibility index (Phi) is 5.14. The van der Waals surface area contributed by atoms with E-state index in [0.717, 1.165) is 0 Å². The molecule has 0 aliphatic carbocycles. The molecule has 0 bridgehead atoms. The Hall–Kier alpha value is -2.11. The summed E-state index contributed by atoms with van der Waals surface area (Å²) in [6, 6.07) is 5.73. The number of likely N-dealkylation sites (tertiary alicyclic amines) is 1. The number of benzene rings is 1. The highest BCUT2D eigenvalue weighted by molar-refractivity contribution is 5.78. The zero-order valence-electron chi connectivity index (χ0n) is 11.6. The average Bonchev–Trinajstić information content (AvgIpc) is 2.47. The Morgan fingerprint density at radius 1 is 1.43 bits per heavy atom. The molecule has 1 fully saturated rings. The van der Waals surface area contributed by atoms with E-state index in [1.54, 1.807) is 11.0 Å². The van der Waals surface area contributed by atoms with E-state index in [2.05, 4.69) is 0 Å². The van der Waals surface area contributed by atoms with Crippen molar-refractivity contribution in [2.45, 2.75) is 19.3 Å². The van der Waals surface area contributed by atoms with Gasteiger partial charge in [0, 0.05) is 19.2 Å². The molecule has 0 spiro atoms. The Bertz CT molecular complexity index is 520. The zero-order valence-corrected chi connectivity index (χ0v) is 11.6. The van der Waals surface area contributed by atoms with Crippen LogP contribution in [0.4, 0.5) is 4.39 Å². The lowest BCUT2D eigenvalue weighted by Crippen LogP contribution is -2.42. The molecule has 0 aromatic heterocycles. The normalized spacial score (nSPS) is 18.3. The minimum Gasteiger partial charge on any atom is -0.493 e. The van der Waals surface area contributed by atoms with Crippen molar-refractivity contribution in [2.75, 3.05) is 19.7 Å². The number of rotatable bonds is 5. The summed E-state index contributed by atoms with van der Waals surface area (Å²) in [5.41, 5.74) is 0. The topological polar surface area (TPSA) is 66.8 Å². The number of carboxylic acids is 1. The van der Waals surface area contributed by atoms with Crippen molar-refractivity contribution in [1.82, 2.24) is 4.90 Å². The van der Waals surface area contributed by atoms with Crippen LogP contribution in [-0.2, 0) is 9.59 Å². The maximum atomic E-state index is 13.0. The monoisotopic (exact) mass is 295 g/mol. The molecule has 1 aromatic rings. The number of amides is 1. The van der Waals surface area contributed by atoms with E-state index < -0.39 is 11.9 Å². The second-order valence-corrected chi connectivity index (χ2v) is 5.07. The van der Waals surface area contributed by atoms with Crippen molar-refractivity contribution < 1.29 is 23.8 Å². The van der Waals surface area contributed by atoms with Crippen LogP contribution in [0.15, 0.2) is 24.3 Å². The van der Waals surface area contributed by atoms with Crippen molar-refractivity contribution in [2.24, 2.45) is 5.92 Å². The maximum absolute atomic E-state index is 13.0. The van der Waals surface area contributed by atoms with Crippen LogP contribution >= 0.6 is 0 Å². The molecule has 1 amide bonds. The Labute approximate surface area is 122 Å². The van der Waals surface area contributed by atoms with Crippen LogP contribution < -0.4 is 4.74 Å². The maximum Gasteiger partial charge on any atom is 0.308 e. The summed E-state index contributed by atoms with van der Waals surface area (Å²) >= 11 is 0. The first-order valence-corrected chi connectivity index (χ1v) is 6.95. The number of halogens is 1. The predicted octanol–water partition coefficient (Wildman–Crippen LogP) is 1.92. The van der Waals surface area contributed by atoms with Crippen LogP contribution in [0.1, 0.15) is 19.3 Å². The van der Waals surface area contributed by atoms with Gasteiger partial charge in [-0.2, -0.15) is 0 Å². The van der Waals surface area contributed by atoms with Crippen molar-refractivity contribution in [3.63, 3.8) is 0 Å². The van der Waals surface area contributed by atoms with Gasteiger partial charge >= 0.3 is 5.97 Å². The Morgan fingerprint density at radius 2 is 2.24 bits per heavy atom. The first-order chi connectivity index (χ1) is 10.1. The number of nitrogens with zero attached hydrogens (tertiary/aromatic N) is 1. The highest BCUT2D eigenvalue weighted by atomic mass is 19.1. The Balaban J connectivity index is 1.78. The average molecular weight is 295 g/mol. The molecule has 1 aromatic carbocycles. The van der Waals surface area contributed by atoms with E-state index in [0.29, 0.717) is 25.1 Å². The summed E-state index contributed by atoms with van der Waals surface area (Å²) in [6.45, 7) is 0.993. The van der Waals surface area contributed by atoms with Crippen LogP contribution in [-0.4, -0.2) is 41.6 Å². The smallest absolute Gasteiger partial charge is 0.308 e. The fourth-order valence-corrected chi connectivity index (χ4v) is 2.38. The number of carboxylic acid groups (broad SMARTS) is 1. The van der Waals surface area contributed by atoms with Gasteiger partial charge in [0.25, 0.3) is 0 Å². The van der Waals surface area contributed by atoms with Crippen LogP contribution in [0, 0.1) is 11.7 Å². The Morgan fingerprint density at radius 3 is 2.95 bits per heavy atom. The standard InChI is InChI=1S/C15H18FNO4/c16-12-4-1-5-13(9-12)21-8-6-14(18)17-7-2-3-11(10-17)15(19)20/h1,4-5,9,11H,2-3,6-8,10H2,(H,19,20)/t11-/m0/s1. The van der Waals surface area contributed by atoms with Gasteiger partial charge in [-0.1, -0.05) is 6.07 Å². The van der Waals surface area contributed by atoms with E-state index in [4.69, 9.17) is 9.84 Å². The van der Waals surface area contributed by atoms with Gasteiger partial charge in [0.2, 0.25) is 5.91 Å². The molecule has 1 aliphatic rings. The lowest BCUT2D eigenvalue weighted by Gasteiger charge is -2.30. The molecule has 21 heavy (non-hydrogen) atoms. The van der Waals surface area contributed by atoms with Crippen LogP contribution in [0.2, 0.25) is 0 Å².